The van der Waals surface area contributed by atoms with Gasteiger partial charge in [0.2, 0.25) is 5.91 Å². The Balaban J connectivity index is 1.46. The summed E-state index contributed by atoms with van der Waals surface area (Å²) < 4.78 is 5.93. The molecule has 142 valence electrons. The third kappa shape index (κ3) is 4.87. The molecule has 25 heavy (non-hydrogen) atoms. The first-order valence-corrected chi connectivity index (χ1v) is 9.99. The van der Waals surface area contributed by atoms with Gasteiger partial charge in [0.25, 0.3) is 0 Å². The molecule has 0 radical (unpaired) electrons. The smallest absolute Gasteiger partial charge is 0.317 e. The SMILES string of the molecule is CC(C)CNC(=O)[C@H]1C[C@H]2CN(C(=O)NCC3CCCCC3)C[C@@H]1O2. The van der Waals surface area contributed by atoms with E-state index >= 15 is 0 Å². The topological polar surface area (TPSA) is 70.7 Å². The Morgan fingerprint density at radius 3 is 2.60 bits per heavy atom. The van der Waals surface area contributed by atoms with Gasteiger partial charge in [0.05, 0.1) is 18.1 Å². The van der Waals surface area contributed by atoms with Gasteiger partial charge in [0.15, 0.2) is 0 Å². The number of urea groups is 1. The molecule has 1 saturated carbocycles. The summed E-state index contributed by atoms with van der Waals surface area (Å²) in [5.74, 6) is 1.02. The summed E-state index contributed by atoms with van der Waals surface area (Å²) in [5.41, 5.74) is 0. The van der Waals surface area contributed by atoms with Crippen LogP contribution in [0.15, 0.2) is 0 Å². The fourth-order valence-corrected chi connectivity index (χ4v) is 4.27. The van der Waals surface area contributed by atoms with Crippen LogP contribution in [0.4, 0.5) is 4.79 Å². The van der Waals surface area contributed by atoms with Gasteiger partial charge in [-0.25, -0.2) is 4.79 Å². The summed E-state index contributed by atoms with van der Waals surface area (Å²) in [5, 5.41) is 6.12. The van der Waals surface area contributed by atoms with Crippen molar-refractivity contribution >= 4 is 11.9 Å². The number of morpholine rings is 1. The monoisotopic (exact) mass is 351 g/mol. The number of rotatable bonds is 5. The number of hydrogen-bond donors (Lipinski definition) is 2. The molecule has 3 rings (SSSR count). The normalized spacial score (nSPS) is 29.7. The van der Waals surface area contributed by atoms with Gasteiger partial charge in [-0.05, 0) is 31.1 Å². The maximum absolute atomic E-state index is 12.5. The highest BCUT2D eigenvalue weighted by Gasteiger charge is 2.45. The van der Waals surface area contributed by atoms with Gasteiger partial charge < -0.3 is 20.3 Å². The molecule has 0 aromatic carbocycles. The van der Waals surface area contributed by atoms with Crippen molar-refractivity contribution in [2.75, 3.05) is 26.2 Å². The van der Waals surface area contributed by atoms with Gasteiger partial charge in [0.1, 0.15) is 0 Å². The minimum atomic E-state index is -0.161. The molecule has 2 aliphatic heterocycles. The zero-order chi connectivity index (χ0) is 17.8. The third-order valence-electron chi connectivity index (χ3n) is 5.73. The van der Waals surface area contributed by atoms with E-state index in [-0.39, 0.29) is 30.1 Å². The van der Waals surface area contributed by atoms with Gasteiger partial charge in [-0.2, -0.15) is 0 Å². The van der Waals surface area contributed by atoms with Crippen LogP contribution < -0.4 is 10.6 Å². The van der Waals surface area contributed by atoms with E-state index in [0.717, 1.165) is 13.0 Å². The van der Waals surface area contributed by atoms with Crippen LogP contribution in [0.1, 0.15) is 52.4 Å². The van der Waals surface area contributed by atoms with Crippen LogP contribution in [0.3, 0.4) is 0 Å². The third-order valence-corrected chi connectivity index (χ3v) is 5.73. The highest BCUT2D eigenvalue weighted by Crippen LogP contribution is 2.32. The van der Waals surface area contributed by atoms with Crippen LogP contribution >= 0.6 is 0 Å². The second-order valence-electron chi connectivity index (χ2n) is 8.37. The second-order valence-corrected chi connectivity index (χ2v) is 8.37. The summed E-state index contributed by atoms with van der Waals surface area (Å²) in [6, 6.07) is 0.00659. The first kappa shape index (κ1) is 18.5. The number of likely N-dealkylation sites (tertiary alicyclic amines) is 1. The number of carbonyl (C=O) groups is 2. The van der Waals surface area contributed by atoms with Crippen LogP contribution in [0.2, 0.25) is 0 Å². The summed E-state index contributed by atoms with van der Waals surface area (Å²) in [4.78, 5) is 26.7. The number of amides is 3. The largest absolute Gasteiger partial charge is 0.370 e. The van der Waals surface area contributed by atoms with E-state index in [2.05, 4.69) is 24.5 Å². The van der Waals surface area contributed by atoms with E-state index in [4.69, 9.17) is 4.74 Å². The highest BCUT2D eigenvalue weighted by molar-refractivity contribution is 5.80. The van der Waals surface area contributed by atoms with Crippen molar-refractivity contribution in [3.8, 4) is 0 Å². The Hall–Kier alpha value is -1.30. The molecule has 3 fully saturated rings. The number of hydrogen-bond acceptors (Lipinski definition) is 3. The van der Waals surface area contributed by atoms with Crippen molar-refractivity contribution < 1.29 is 14.3 Å². The molecule has 3 amide bonds. The van der Waals surface area contributed by atoms with Crippen molar-refractivity contribution in [1.82, 2.24) is 15.5 Å². The summed E-state index contributed by atoms with van der Waals surface area (Å²) >= 11 is 0. The van der Waals surface area contributed by atoms with Crippen LogP contribution in [0.25, 0.3) is 0 Å². The van der Waals surface area contributed by atoms with Crippen LogP contribution in [0.5, 0.6) is 0 Å². The molecule has 3 atom stereocenters. The molecule has 3 aliphatic rings. The fraction of sp³-hybridized carbons (Fsp3) is 0.895. The first-order chi connectivity index (χ1) is 12.0. The molecule has 6 heteroatoms. The minimum Gasteiger partial charge on any atom is -0.370 e. The summed E-state index contributed by atoms with van der Waals surface area (Å²) in [7, 11) is 0. The number of ether oxygens (including phenoxy) is 1. The Morgan fingerprint density at radius 1 is 1.12 bits per heavy atom. The molecule has 0 aromatic heterocycles. The first-order valence-electron chi connectivity index (χ1n) is 9.99. The lowest BCUT2D eigenvalue weighted by Crippen LogP contribution is -2.51. The predicted octanol–water partition coefficient (Wildman–Crippen LogP) is 2.14. The molecular formula is C19H33N3O3. The van der Waals surface area contributed by atoms with E-state index in [9.17, 15) is 9.59 Å². The Morgan fingerprint density at radius 2 is 1.88 bits per heavy atom. The average Bonchev–Trinajstić information content (AvgIpc) is 2.92. The van der Waals surface area contributed by atoms with Crippen molar-refractivity contribution in [2.24, 2.45) is 17.8 Å². The van der Waals surface area contributed by atoms with E-state index in [1.165, 1.54) is 32.1 Å². The lowest BCUT2D eigenvalue weighted by molar-refractivity contribution is -0.127. The Bertz CT molecular complexity index is 477. The van der Waals surface area contributed by atoms with E-state index in [0.29, 0.717) is 31.5 Å². The molecule has 0 aromatic rings. The molecular weight excluding hydrogens is 318 g/mol. The van der Waals surface area contributed by atoms with Crippen molar-refractivity contribution in [1.29, 1.82) is 0 Å². The van der Waals surface area contributed by atoms with Gasteiger partial charge in [0, 0.05) is 26.2 Å². The Kier molecular flexibility index (Phi) is 6.20. The second kappa shape index (κ2) is 8.39. The molecule has 0 unspecified atom stereocenters. The number of fused-ring (bicyclic) bond motifs is 2. The maximum atomic E-state index is 12.5. The highest BCUT2D eigenvalue weighted by atomic mass is 16.5. The van der Waals surface area contributed by atoms with Crippen LogP contribution in [-0.4, -0.2) is 55.2 Å². The quantitative estimate of drug-likeness (QED) is 0.797. The molecule has 0 spiro atoms. The van der Waals surface area contributed by atoms with Crippen LogP contribution in [0, 0.1) is 17.8 Å². The Labute approximate surface area is 151 Å². The minimum absolute atomic E-state index is 0.00557. The number of nitrogens with one attached hydrogen (secondary N) is 2. The zero-order valence-corrected chi connectivity index (χ0v) is 15.6. The van der Waals surface area contributed by atoms with Crippen molar-refractivity contribution in [3.05, 3.63) is 0 Å². The number of carbonyl (C=O) groups excluding carboxylic acids is 2. The van der Waals surface area contributed by atoms with Crippen molar-refractivity contribution in [2.45, 2.75) is 64.6 Å². The van der Waals surface area contributed by atoms with E-state index < -0.39 is 0 Å². The van der Waals surface area contributed by atoms with Gasteiger partial charge in [-0.15, -0.1) is 0 Å². The van der Waals surface area contributed by atoms with Gasteiger partial charge in [-0.3, -0.25) is 4.79 Å². The van der Waals surface area contributed by atoms with Gasteiger partial charge >= 0.3 is 6.03 Å². The van der Waals surface area contributed by atoms with E-state index in [1.54, 1.807) is 0 Å². The van der Waals surface area contributed by atoms with E-state index in [1.807, 2.05) is 4.90 Å². The maximum Gasteiger partial charge on any atom is 0.317 e. The molecule has 2 N–H and O–H groups in total. The average molecular weight is 351 g/mol. The molecule has 2 bridgehead atoms. The summed E-state index contributed by atoms with van der Waals surface area (Å²) in [6.45, 7) is 6.76. The standard InChI is InChI=1S/C19H33N3O3/c1-13(2)9-20-18(23)16-8-15-11-22(12-17(16)25-15)19(24)21-10-14-6-4-3-5-7-14/h13-17H,3-12H2,1-2H3,(H,20,23)(H,21,24)/t15-,16-,17-/m0/s1. The zero-order valence-electron chi connectivity index (χ0n) is 15.6. The molecule has 6 nitrogen and oxygen atoms in total. The molecule has 2 heterocycles. The fourth-order valence-electron chi connectivity index (χ4n) is 4.27. The molecule has 2 saturated heterocycles. The lowest BCUT2D eigenvalue weighted by Gasteiger charge is -2.33. The number of nitrogens with zero attached hydrogens (tertiary/aromatic N) is 1. The van der Waals surface area contributed by atoms with Crippen LogP contribution in [-0.2, 0) is 9.53 Å². The van der Waals surface area contributed by atoms with Crippen molar-refractivity contribution in [3.63, 3.8) is 0 Å². The summed E-state index contributed by atoms with van der Waals surface area (Å²) in [6.07, 6.45) is 6.92. The lowest BCUT2D eigenvalue weighted by atomic mass is 9.89. The van der Waals surface area contributed by atoms with Gasteiger partial charge in [-0.1, -0.05) is 33.1 Å². The predicted molar refractivity (Wildman–Crippen MR) is 96.2 cm³/mol. The molecule has 1 aliphatic carbocycles.